The van der Waals surface area contributed by atoms with Crippen LogP contribution in [-0.4, -0.2) is 77.8 Å². The van der Waals surface area contributed by atoms with E-state index < -0.39 is 0 Å². The van der Waals surface area contributed by atoms with Crippen molar-refractivity contribution < 1.29 is 9.53 Å². The first-order valence-corrected chi connectivity index (χ1v) is 10.7. The number of H-pyrrole nitrogens is 1. The Bertz CT molecular complexity index is 911. The third kappa shape index (κ3) is 2.75. The maximum absolute atomic E-state index is 13.4. The van der Waals surface area contributed by atoms with E-state index in [1.54, 1.807) is 0 Å². The molecule has 0 aliphatic carbocycles. The van der Waals surface area contributed by atoms with Gasteiger partial charge in [0.2, 0.25) is 0 Å². The largest absolute Gasteiger partial charge is 0.376 e. The van der Waals surface area contributed by atoms with Crippen LogP contribution >= 0.6 is 0 Å². The number of carbonyl (C=O) groups is 1. The molecule has 2 N–H and O–H groups in total. The Morgan fingerprint density at radius 2 is 1.93 bits per heavy atom. The lowest BCUT2D eigenvalue weighted by Gasteiger charge is -2.55. The predicted octanol–water partition coefficient (Wildman–Crippen LogP) is 0.780. The highest BCUT2D eigenvalue weighted by Gasteiger charge is 2.55. The molecule has 1 aromatic carbocycles. The van der Waals surface area contributed by atoms with Crippen molar-refractivity contribution in [3.05, 3.63) is 52.8 Å². The van der Waals surface area contributed by atoms with E-state index in [0.717, 1.165) is 56.9 Å². The number of nitrogens with one attached hydrogen (secondary N) is 2. The molecule has 7 nitrogen and oxygen atoms in total. The summed E-state index contributed by atoms with van der Waals surface area (Å²) in [5.41, 5.74) is 3.73. The molecule has 4 fully saturated rings. The monoisotopic (exact) mass is 393 g/mol. The quantitative estimate of drug-likeness (QED) is 0.806. The first-order valence-electron chi connectivity index (χ1n) is 10.7. The van der Waals surface area contributed by atoms with E-state index in [0.29, 0.717) is 24.8 Å². The molecule has 3 unspecified atom stereocenters. The van der Waals surface area contributed by atoms with E-state index in [1.807, 2.05) is 0 Å². The number of carbonyl (C=O) groups excluding carboxylic acids is 1. The molecule has 0 spiro atoms. The number of ether oxygens (including phenoxy) is 1. The van der Waals surface area contributed by atoms with Crippen molar-refractivity contribution in [2.24, 2.45) is 5.92 Å². The molecule has 4 saturated heterocycles. The van der Waals surface area contributed by atoms with Crippen LogP contribution in [0, 0.1) is 5.92 Å². The second-order valence-corrected chi connectivity index (χ2v) is 9.04. The average molecular weight is 393 g/mol. The summed E-state index contributed by atoms with van der Waals surface area (Å²) in [4.78, 5) is 18.5. The highest BCUT2D eigenvalue weighted by Crippen LogP contribution is 2.43. The third-order valence-electron chi connectivity index (χ3n) is 7.34. The van der Waals surface area contributed by atoms with Gasteiger partial charge in [0.25, 0.3) is 5.91 Å². The lowest BCUT2D eigenvalue weighted by Crippen LogP contribution is -2.70. The van der Waals surface area contributed by atoms with Crippen LogP contribution in [0.1, 0.15) is 27.3 Å². The second-order valence-electron chi connectivity index (χ2n) is 9.04. The molecule has 152 valence electrons. The van der Waals surface area contributed by atoms with Crippen molar-refractivity contribution in [3.8, 4) is 0 Å². The maximum atomic E-state index is 13.4. The normalized spacial score (nSPS) is 35.2. The first kappa shape index (κ1) is 17.6. The summed E-state index contributed by atoms with van der Waals surface area (Å²) in [6, 6.07) is 10.9. The number of aromatic amines is 1. The van der Waals surface area contributed by atoms with Crippen LogP contribution < -0.4 is 5.32 Å². The molecule has 5 aliphatic rings. The number of amides is 1. The summed E-state index contributed by atoms with van der Waals surface area (Å²) in [5.74, 6) is 0.361. The van der Waals surface area contributed by atoms with E-state index in [1.165, 1.54) is 5.56 Å². The van der Waals surface area contributed by atoms with Crippen molar-refractivity contribution in [3.63, 3.8) is 0 Å². The number of fused-ring (bicyclic) bond motifs is 2. The Balaban J connectivity index is 1.37. The van der Waals surface area contributed by atoms with E-state index in [-0.39, 0.29) is 17.4 Å². The summed E-state index contributed by atoms with van der Waals surface area (Å²) in [5, 5.41) is 10.9. The minimum atomic E-state index is -0.0819. The zero-order valence-corrected chi connectivity index (χ0v) is 16.6. The Morgan fingerprint density at radius 3 is 2.69 bits per heavy atom. The van der Waals surface area contributed by atoms with Gasteiger partial charge in [0.05, 0.1) is 13.2 Å². The van der Waals surface area contributed by atoms with Crippen LogP contribution in [0.3, 0.4) is 0 Å². The average Bonchev–Trinajstić information content (AvgIpc) is 3.02. The van der Waals surface area contributed by atoms with Gasteiger partial charge in [0.1, 0.15) is 0 Å². The number of piperidine rings is 2. The fourth-order valence-electron chi connectivity index (χ4n) is 6.08. The van der Waals surface area contributed by atoms with Crippen molar-refractivity contribution in [2.75, 3.05) is 45.9 Å². The Morgan fingerprint density at radius 1 is 1.17 bits per heavy atom. The van der Waals surface area contributed by atoms with Gasteiger partial charge in [0, 0.05) is 74.3 Å². The molecule has 2 aromatic rings. The standard InChI is InChI=1S/C22H27N5O2/c28-21(19-17-12-29-9-6-18(17)24-25-19)23-20-15-10-26-7-8-27(11-15)14-22(20,13-26)16-4-2-1-3-5-16/h1-5,15,20H,6-14H2,(H,23,28)(H,24,25). The Hall–Kier alpha value is -2.22. The number of hydrogen-bond acceptors (Lipinski definition) is 5. The summed E-state index contributed by atoms with van der Waals surface area (Å²) in [6.45, 7) is 7.49. The van der Waals surface area contributed by atoms with Gasteiger partial charge in [-0.2, -0.15) is 5.10 Å². The van der Waals surface area contributed by atoms with E-state index in [4.69, 9.17) is 4.74 Å². The van der Waals surface area contributed by atoms with E-state index in [9.17, 15) is 4.79 Å². The van der Waals surface area contributed by atoms with Gasteiger partial charge in [-0.15, -0.1) is 0 Å². The lowest BCUT2D eigenvalue weighted by atomic mass is 9.64. The van der Waals surface area contributed by atoms with Crippen LogP contribution in [0.2, 0.25) is 0 Å². The molecule has 1 aromatic heterocycles. The van der Waals surface area contributed by atoms with E-state index in [2.05, 4.69) is 55.6 Å². The fourth-order valence-corrected chi connectivity index (χ4v) is 6.08. The van der Waals surface area contributed by atoms with Crippen LogP contribution in [0.4, 0.5) is 0 Å². The van der Waals surface area contributed by atoms with E-state index >= 15 is 0 Å². The van der Waals surface area contributed by atoms with Crippen LogP contribution in [0.5, 0.6) is 0 Å². The minimum Gasteiger partial charge on any atom is -0.376 e. The molecular weight excluding hydrogens is 366 g/mol. The molecule has 5 aliphatic heterocycles. The molecular formula is C22H27N5O2. The number of benzene rings is 1. The maximum Gasteiger partial charge on any atom is 0.272 e. The molecule has 0 radical (unpaired) electrons. The van der Waals surface area contributed by atoms with Gasteiger partial charge in [-0.05, 0) is 5.56 Å². The van der Waals surface area contributed by atoms with Crippen molar-refractivity contribution in [1.82, 2.24) is 25.3 Å². The Kier molecular flexibility index (Phi) is 4.04. The number of rotatable bonds is 3. The highest BCUT2D eigenvalue weighted by atomic mass is 16.5. The second kappa shape index (κ2) is 6.65. The lowest BCUT2D eigenvalue weighted by molar-refractivity contribution is 0.0178. The number of nitrogens with zero attached hydrogens (tertiary/aromatic N) is 3. The highest BCUT2D eigenvalue weighted by molar-refractivity contribution is 5.94. The van der Waals surface area contributed by atoms with Gasteiger partial charge in [0.15, 0.2) is 5.69 Å². The molecule has 6 heterocycles. The van der Waals surface area contributed by atoms with Gasteiger partial charge in [-0.1, -0.05) is 30.3 Å². The van der Waals surface area contributed by atoms with Gasteiger partial charge >= 0.3 is 0 Å². The van der Waals surface area contributed by atoms with Gasteiger partial charge in [-0.3, -0.25) is 9.89 Å². The predicted molar refractivity (Wildman–Crippen MR) is 108 cm³/mol. The summed E-state index contributed by atoms with van der Waals surface area (Å²) >= 11 is 0. The zero-order valence-electron chi connectivity index (χ0n) is 16.6. The Labute approximate surface area is 170 Å². The fraction of sp³-hybridized carbons (Fsp3) is 0.545. The van der Waals surface area contributed by atoms with Gasteiger partial charge in [-0.25, -0.2) is 0 Å². The number of hydrogen-bond donors (Lipinski definition) is 2. The third-order valence-corrected chi connectivity index (χ3v) is 7.34. The zero-order chi connectivity index (χ0) is 19.4. The van der Waals surface area contributed by atoms with Gasteiger partial charge < -0.3 is 19.9 Å². The summed E-state index contributed by atoms with van der Waals surface area (Å²) < 4.78 is 5.58. The molecule has 3 atom stereocenters. The van der Waals surface area contributed by atoms with Crippen LogP contribution in [-0.2, 0) is 23.2 Å². The topological polar surface area (TPSA) is 73.5 Å². The van der Waals surface area contributed by atoms with Crippen molar-refractivity contribution in [1.29, 1.82) is 0 Å². The first-order chi connectivity index (χ1) is 14.2. The molecule has 29 heavy (non-hydrogen) atoms. The molecule has 0 saturated carbocycles. The summed E-state index contributed by atoms with van der Waals surface area (Å²) in [7, 11) is 0. The molecule has 1 amide bonds. The number of aromatic nitrogens is 2. The van der Waals surface area contributed by atoms with Crippen molar-refractivity contribution in [2.45, 2.75) is 24.5 Å². The molecule has 7 rings (SSSR count). The molecule has 7 heteroatoms. The molecule has 4 bridgehead atoms. The van der Waals surface area contributed by atoms with Crippen molar-refractivity contribution >= 4 is 5.91 Å². The summed E-state index contributed by atoms with van der Waals surface area (Å²) in [6.07, 6.45) is 0.791. The van der Waals surface area contributed by atoms with Crippen LogP contribution in [0.15, 0.2) is 30.3 Å². The minimum absolute atomic E-state index is 0.0653. The smallest absolute Gasteiger partial charge is 0.272 e. The van der Waals surface area contributed by atoms with Crippen LogP contribution in [0.25, 0.3) is 0 Å². The SMILES string of the molecule is O=C(NC1C2CN3CCN(C2)CC1(c1ccccc1)C3)c1n[nH]c2c1COCC2.